The van der Waals surface area contributed by atoms with E-state index < -0.39 is 8.07 Å². The van der Waals surface area contributed by atoms with E-state index in [9.17, 15) is 0 Å². The third kappa shape index (κ3) is 2.84. The zero-order chi connectivity index (χ0) is 21.4. The molecule has 2 heteroatoms. The van der Waals surface area contributed by atoms with Crippen molar-refractivity contribution in [2.45, 2.75) is 0 Å². The lowest BCUT2D eigenvalue weighted by Crippen LogP contribution is -2.72. The van der Waals surface area contributed by atoms with Crippen LogP contribution in [0.1, 0.15) is 0 Å². The number of anilines is 2. The number of benzene rings is 5. The fraction of sp³-hybridized carbons (Fsp3) is 0. The Morgan fingerprint density at radius 2 is 0.938 bits per heavy atom. The van der Waals surface area contributed by atoms with Crippen molar-refractivity contribution in [2.24, 2.45) is 0 Å². The Morgan fingerprint density at radius 1 is 0.406 bits per heavy atom. The van der Waals surface area contributed by atoms with Gasteiger partial charge < -0.3 is 5.32 Å². The summed E-state index contributed by atoms with van der Waals surface area (Å²) in [7, 11) is -2.41. The lowest BCUT2D eigenvalue weighted by Gasteiger charge is -2.31. The van der Waals surface area contributed by atoms with Crippen LogP contribution in [0.15, 0.2) is 133 Å². The molecule has 1 aliphatic rings. The number of hydrogen-bond acceptors (Lipinski definition) is 1. The first kappa shape index (κ1) is 18.9. The molecule has 0 aliphatic carbocycles. The second-order valence-corrected chi connectivity index (χ2v) is 12.0. The Labute approximate surface area is 190 Å². The minimum atomic E-state index is -2.41. The average Bonchev–Trinajstić information content (AvgIpc) is 3.16. The van der Waals surface area contributed by atoms with Crippen molar-refractivity contribution in [2.75, 3.05) is 5.32 Å². The van der Waals surface area contributed by atoms with Gasteiger partial charge in [-0.25, -0.2) is 0 Å². The molecule has 0 unspecified atom stereocenters. The van der Waals surface area contributed by atoms with Gasteiger partial charge in [0.2, 0.25) is 0 Å². The summed E-state index contributed by atoms with van der Waals surface area (Å²) < 4.78 is 0. The lowest BCUT2D eigenvalue weighted by atomic mass is 10.1. The topological polar surface area (TPSA) is 12.0 Å². The molecule has 0 saturated heterocycles. The first-order valence-corrected chi connectivity index (χ1v) is 13.0. The zero-order valence-electron chi connectivity index (χ0n) is 17.7. The molecule has 0 aromatic heterocycles. The maximum Gasteiger partial charge on any atom is 0.180 e. The molecule has 6 rings (SSSR count). The number of fused-ring (bicyclic) bond motifs is 3. The van der Waals surface area contributed by atoms with Crippen LogP contribution in [0.4, 0.5) is 11.4 Å². The third-order valence-corrected chi connectivity index (χ3v) is 11.4. The highest BCUT2D eigenvalue weighted by Gasteiger charge is 2.48. The predicted molar refractivity (Wildman–Crippen MR) is 139 cm³/mol. The fourth-order valence-corrected chi connectivity index (χ4v) is 10.4. The largest absolute Gasteiger partial charge is 0.356 e. The van der Waals surface area contributed by atoms with E-state index in [0.717, 1.165) is 11.4 Å². The van der Waals surface area contributed by atoms with Crippen molar-refractivity contribution in [1.82, 2.24) is 0 Å². The zero-order valence-corrected chi connectivity index (χ0v) is 18.7. The third-order valence-electron chi connectivity index (χ3n) is 6.52. The summed E-state index contributed by atoms with van der Waals surface area (Å²) in [5, 5.41) is 9.41. The van der Waals surface area contributed by atoms with E-state index in [1.165, 1.54) is 31.9 Å². The Morgan fingerprint density at radius 3 is 1.59 bits per heavy atom. The number of rotatable bonds is 4. The SMILES string of the molecule is c1ccc(Nc2ccc3c(c2)[Si](c2ccccc2)(c2ccccc2)c2ccccc2-3)cc1. The van der Waals surface area contributed by atoms with Gasteiger partial charge in [-0.2, -0.15) is 0 Å². The van der Waals surface area contributed by atoms with E-state index in [1.54, 1.807) is 0 Å². The average molecular weight is 426 g/mol. The van der Waals surface area contributed by atoms with Crippen LogP contribution >= 0.6 is 0 Å². The Balaban J connectivity index is 1.65. The van der Waals surface area contributed by atoms with Crippen molar-refractivity contribution in [3.8, 4) is 11.1 Å². The molecule has 32 heavy (non-hydrogen) atoms. The molecule has 0 fully saturated rings. The quantitative estimate of drug-likeness (QED) is 0.401. The first-order chi connectivity index (χ1) is 15.9. The van der Waals surface area contributed by atoms with Crippen LogP contribution in [-0.2, 0) is 0 Å². The molecule has 5 aromatic carbocycles. The maximum absolute atomic E-state index is 3.62. The molecule has 0 radical (unpaired) electrons. The van der Waals surface area contributed by atoms with Crippen molar-refractivity contribution < 1.29 is 0 Å². The smallest absolute Gasteiger partial charge is 0.180 e. The molecular weight excluding hydrogens is 402 g/mol. The molecule has 1 N–H and O–H groups in total. The van der Waals surface area contributed by atoms with E-state index >= 15 is 0 Å². The molecule has 0 bridgehead atoms. The summed E-state index contributed by atoms with van der Waals surface area (Å²) in [6.45, 7) is 0. The molecule has 0 saturated carbocycles. The van der Waals surface area contributed by atoms with Gasteiger partial charge in [0.1, 0.15) is 0 Å². The van der Waals surface area contributed by atoms with E-state index in [4.69, 9.17) is 0 Å². The van der Waals surface area contributed by atoms with Crippen LogP contribution < -0.4 is 26.1 Å². The minimum absolute atomic E-state index is 1.11. The fourth-order valence-electron chi connectivity index (χ4n) is 5.21. The summed E-state index contributed by atoms with van der Waals surface area (Å²) >= 11 is 0. The molecule has 0 atom stereocenters. The normalized spacial score (nSPS) is 13.2. The van der Waals surface area contributed by atoms with Gasteiger partial charge in [0.05, 0.1) is 0 Å². The highest BCUT2D eigenvalue weighted by atomic mass is 28.3. The van der Waals surface area contributed by atoms with Crippen LogP contribution in [0, 0.1) is 0 Å². The van der Waals surface area contributed by atoms with Crippen LogP contribution in [0.5, 0.6) is 0 Å². The summed E-state index contributed by atoms with van der Waals surface area (Å²) in [4.78, 5) is 0. The van der Waals surface area contributed by atoms with Crippen LogP contribution in [0.2, 0.25) is 0 Å². The summed E-state index contributed by atoms with van der Waals surface area (Å²) in [6.07, 6.45) is 0. The highest BCUT2D eigenvalue weighted by Crippen LogP contribution is 2.30. The number of hydrogen-bond donors (Lipinski definition) is 1. The van der Waals surface area contributed by atoms with Gasteiger partial charge in [0.25, 0.3) is 0 Å². The Kier molecular flexibility index (Phi) is 4.52. The number of para-hydroxylation sites is 1. The standard InChI is InChI=1S/C30H23NSi/c1-4-12-23(13-5-1)31-24-20-21-28-27-18-10-11-19-29(27)32(30(28)22-24,25-14-6-2-7-15-25)26-16-8-3-9-17-26/h1-22,31H. The van der Waals surface area contributed by atoms with E-state index in [1.807, 2.05) is 6.07 Å². The van der Waals surface area contributed by atoms with E-state index in [-0.39, 0.29) is 0 Å². The number of nitrogens with one attached hydrogen (secondary N) is 1. The van der Waals surface area contributed by atoms with Gasteiger partial charge in [0.15, 0.2) is 8.07 Å². The van der Waals surface area contributed by atoms with E-state index in [2.05, 4.69) is 133 Å². The van der Waals surface area contributed by atoms with Crippen LogP contribution in [0.3, 0.4) is 0 Å². The van der Waals surface area contributed by atoms with Gasteiger partial charge in [0, 0.05) is 11.4 Å². The predicted octanol–water partition coefficient (Wildman–Crippen LogP) is 4.79. The Hall–Kier alpha value is -3.88. The van der Waals surface area contributed by atoms with Gasteiger partial charge in [-0.1, -0.05) is 109 Å². The monoisotopic (exact) mass is 425 g/mol. The van der Waals surface area contributed by atoms with Crippen molar-refractivity contribution in [3.63, 3.8) is 0 Å². The second kappa shape index (κ2) is 7.67. The molecule has 0 spiro atoms. The Bertz CT molecular complexity index is 1340. The second-order valence-electron chi connectivity index (χ2n) is 8.28. The van der Waals surface area contributed by atoms with Gasteiger partial charge in [-0.15, -0.1) is 0 Å². The van der Waals surface area contributed by atoms with Crippen LogP contribution in [-0.4, -0.2) is 8.07 Å². The molecule has 1 heterocycles. The van der Waals surface area contributed by atoms with Crippen LogP contribution in [0.25, 0.3) is 11.1 Å². The minimum Gasteiger partial charge on any atom is -0.356 e. The van der Waals surface area contributed by atoms with Crippen molar-refractivity contribution in [3.05, 3.63) is 133 Å². The van der Waals surface area contributed by atoms with Gasteiger partial charge >= 0.3 is 0 Å². The van der Waals surface area contributed by atoms with Crippen molar-refractivity contribution in [1.29, 1.82) is 0 Å². The summed E-state index contributed by atoms with van der Waals surface area (Å²) in [5.41, 5.74) is 4.97. The molecule has 152 valence electrons. The van der Waals surface area contributed by atoms with Gasteiger partial charge in [-0.3, -0.25) is 0 Å². The summed E-state index contributed by atoms with van der Waals surface area (Å²) in [5.74, 6) is 0. The first-order valence-electron chi connectivity index (χ1n) is 11.0. The van der Waals surface area contributed by atoms with Gasteiger partial charge in [-0.05, 0) is 56.1 Å². The molecule has 1 aliphatic heterocycles. The molecule has 5 aromatic rings. The summed E-state index contributed by atoms with van der Waals surface area (Å²) in [6, 6.07) is 48.6. The van der Waals surface area contributed by atoms with Crippen molar-refractivity contribution >= 4 is 40.2 Å². The lowest BCUT2D eigenvalue weighted by molar-refractivity contribution is 1.56. The molecule has 1 nitrogen and oxygen atoms in total. The highest BCUT2D eigenvalue weighted by molar-refractivity contribution is 7.22. The van der Waals surface area contributed by atoms with E-state index in [0.29, 0.717) is 0 Å². The molecular formula is C30H23NSi. The maximum atomic E-state index is 3.62. The molecule has 0 amide bonds.